The maximum Gasteiger partial charge on any atom is 0.418 e. The van der Waals surface area contributed by atoms with Gasteiger partial charge in [-0.05, 0) is 12.1 Å². The highest BCUT2D eigenvalue weighted by molar-refractivity contribution is 7.89. The van der Waals surface area contributed by atoms with Crippen LogP contribution in [0.5, 0.6) is 0 Å². The Morgan fingerprint density at radius 3 is 2.47 bits per heavy atom. The number of benzene rings is 1. The molecule has 1 saturated heterocycles. The molecule has 30 heavy (non-hydrogen) atoms. The Labute approximate surface area is 170 Å². The van der Waals surface area contributed by atoms with Gasteiger partial charge in [0.15, 0.2) is 6.04 Å². The van der Waals surface area contributed by atoms with Gasteiger partial charge in [0.05, 0.1) is 18.6 Å². The molecule has 1 unspecified atom stereocenters. The van der Waals surface area contributed by atoms with E-state index in [4.69, 9.17) is 9.29 Å². The summed E-state index contributed by atoms with van der Waals surface area (Å²) in [5.41, 5.74) is -0.0666. The van der Waals surface area contributed by atoms with Gasteiger partial charge >= 0.3 is 22.4 Å². The Morgan fingerprint density at radius 2 is 1.87 bits per heavy atom. The van der Waals surface area contributed by atoms with Crippen molar-refractivity contribution in [2.24, 2.45) is 0 Å². The summed E-state index contributed by atoms with van der Waals surface area (Å²) < 4.78 is 66.8. The predicted octanol–water partition coefficient (Wildman–Crippen LogP) is -0.139. The van der Waals surface area contributed by atoms with Crippen molar-refractivity contribution < 1.29 is 40.0 Å². The molecule has 2 atom stereocenters. The highest BCUT2D eigenvalue weighted by Gasteiger charge is 2.54. The van der Waals surface area contributed by atoms with Gasteiger partial charge in [-0.15, -0.1) is 4.28 Å². The molecule has 2 aromatic rings. The number of carbonyl (C=O) groups is 2. The Kier molecular flexibility index (Phi) is 4.57. The summed E-state index contributed by atoms with van der Waals surface area (Å²) in [7, 11) is -8.15. The van der Waals surface area contributed by atoms with Crippen molar-refractivity contribution in [2.45, 2.75) is 17.0 Å². The normalized spacial score (nSPS) is 20.9. The lowest BCUT2D eigenvalue weighted by atomic mass is 9.98. The molecule has 2 bridgehead atoms. The highest BCUT2D eigenvalue weighted by Crippen LogP contribution is 2.44. The molecule has 0 spiro atoms. The second-order valence-corrected chi connectivity index (χ2v) is 9.17. The topological polar surface area (TPSA) is 165 Å². The number of hydroxylamine groups is 2. The Bertz CT molecular complexity index is 1240. The van der Waals surface area contributed by atoms with Crippen LogP contribution in [0.2, 0.25) is 0 Å². The molecule has 0 radical (unpaired) electrons. The lowest BCUT2D eigenvalue weighted by molar-refractivity contribution is -0.146. The van der Waals surface area contributed by atoms with Crippen LogP contribution in [0.15, 0.2) is 41.4 Å². The highest BCUT2D eigenvalue weighted by atomic mass is 32.3. The summed E-state index contributed by atoms with van der Waals surface area (Å²) in [6, 6.07) is 3.74. The lowest BCUT2D eigenvalue weighted by Gasteiger charge is -2.27. The number of hydrogen-bond donors (Lipinski definition) is 1. The maximum atomic E-state index is 12.9. The average molecular weight is 458 g/mol. The Morgan fingerprint density at radius 1 is 1.20 bits per heavy atom. The molecule has 2 aliphatic heterocycles. The predicted molar refractivity (Wildman–Crippen MR) is 95.3 cm³/mol. The number of fused-ring (bicyclic) bond motifs is 4. The molecule has 2 aliphatic rings. The van der Waals surface area contributed by atoms with Crippen molar-refractivity contribution >= 4 is 32.4 Å². The zero-order valence-corrected chi connectivity index (χ0v) is 16.8. The van der Waals surface area contributed by atoms with Gasteiger partial charge in [0.2, 0.25) is 0 Å². The minimum atomic E-state index is -5.07. The molecule has 4 rings (SSSR count). The monoisotopic (exact) mass is 458 g/mol. The van der Waals surface area contributed by atoms with E-state index < -0.39 is 44.5 Å². The van der Waals surface area contributed by atoms with Crippen molar-refractivity contribution in [3.05, 3.63) is 47.8 Å². The van der Waals surface area contributed by atoms with E-state index in [0.717, 1.165) is 18.2 Å². The smallest absolute Gasteiger partial charge is 0.418 e. The lowest BCUT2D eigenvalue weighted by Crippen LogP contribution is -2.39. The fourth-order valence-corrected chi connectivity index (χ4v) is 4.93. The molecule has 3 heterocycles. The Balaban J connectivity index is 1.86. The van der Waals surface area contributed by atoms with Gasteiger partial charge in [0, 0.05) is 11.8 Å². The van der Waals surface area contributed by atoms with Gasteiger partial charge in [0.1, 0.15) is 11.7 Å². The van der Waals surface area contributed by atoms with Crippen LogP contribution in [-0.2, 0) is 34.2 Å². The van der Waals surface area contributed by atoms with Crippen LogP contribution in [0, 0.1) is 0 Å². The second-order valence-electron chi connectivity index (χ2n) is 6.36. The maximum absolute atomic E-state index is 12.9. The zero-order chi connectivity index (χ0) is 21.8. The van der Waals surface area contributed by atoms with E-state index in [1.54, 1.807) is 6.07 Å². The van der Waals surface area contributed by atoms with E-state index in [2.05, 4.69) is 9.38 Å². The fraction of sp³-hybridized carbons (Fsp3) is 0.267. The number of urea groups is 1. The van der Waals surface area contributed by atoms with Crippen LogP contribution in [-0.4, -0.2) is 66.2 Å². The number of methoxy groups -OCH3 is 1. The third-order valence-electron chi connectivity index (χ3n) is 4.65. The van der Waals surface area contributed by atoms with Crippen LogP contribution < -0.4 is 0 Å². The Hall–Kier alpha value is -3.01. The van der Waals surface area contributed by atoms with E-state index in [1.165, 1.54) is 24.3 Å². The number of carbonyl (C=O) groups excluding carboxylic acids is 2. The third kappa shape index (κ3) is 3.11. The minimum Gasteiger partial charge on any atom is -0.467 e. The molecular weight excluding hydrogens is 444 g/mol. The van der Waals surface area contributed by atoms with E-state index in [1.807, 2.05) is 0 Å². The second kappa shape index (κ2) is 6.76. The zero-order valence-electron chi connectivity index (χ0n) is 15.1. The summed E-state index contributed by atoms with van der Waals surface area (Å²) in [6.45, 7) is -0.224. The number of hydrogen-bond acceptors (Lipinski definition) is 9. The molecule has 1 aromatic heterocycles. The van der Waals surface area contributed by atoms with E-state index in [9.17, 15) is 26.4 Å². The molecular formula is C15H14N4O9S2. The summed E-state index contributed by atoms with van der Waals surface area (Å²) in [5.74, 6) is -0.917. The number of amides is 2. The first-order chi connectivity index (χ1) is 14.0. The first kappa shape index (κ1) is 20.3. The molecule has 1 fully saturated rings. The van der Waals surface area contributed by atoms with Crippen molar-refractivity contribution in [1.29, 1.82) is 0 Å². The number of aromatic nitrogens is 2. The largest absolute Gasteiger partial charge is 0.467 e. The van der Waals surface area contributed by atoms with Crippen molar-refractivity contribution in [1.82, 2.24) is 19.1 Å². The van der Waals surface area contributed by atoms with Crippen LogP contribution in [0.25, 0.3) is 0 Å². The van der Waals surface area contributed by atoms with Crippen molar-refractivity contribution in [3.63, 3.8) is 0 Å². The SMILES string of the molecule is COC(=O)C1c2nn(S(=O)(=O)c3ccccc3)cc2[C@H]2CN1C(=O)N2OS(=O)(=O)O. The summed E-state index contributed by atoms with van der Waals surface area (Å²) in [4.78, 5) is 25.7. The van der Waals surface area contributed by atoms with Gasteiger partial charge in [-0.1, -0.05) is 18.2 Å². The molecule has 0 saturated carbocycles. The van der Waals surface area contributed by atoms with E-state index in [0.29, 0.717) is 9.15 Å². The summed E-state index contributed by atoms with van der Waals surface area (Å²) in [5, 5.41) is 4.34. The van der Waals surface area contributed by atoms with Crippen LogP contribution in [0.4, 0.5) is 4.79 Å². The first-order valence-corrected chi connectivity index (χ1v) is 11.1. The van der Waals surface area contributed by atoms with Gasteiger partial charge in [0.25, 0.3) is 10.0 Å². The van der Waals surface area contributed by atoms with Crippen molar-refractivity contribution in [3.8, 4) is 0 Å². The molecule has 15 heteroatoms. The van der Waals surface area contributed by atoms with Gasteiger partial charge in [-0.25, -0.2) is 9.59 Å². The quantitative estimate of drug-likeness (QED) is 0.471. The van der Waals surface area contributed by atoms with E-state index in [-0.39, 0.29) is 22.7 Å². The van der Waals surface area contributed by atoms with Crippen LogP contribution >= 0.6 is 0 Å². The summed E-state index contributed by atoms with van der Waals surface area (Å²) in [6.07, 6.45) is 1.06. The molecule has 1 N–H and O–H groups in total. The average Bonchev–Trinajstić information content (AvgIpc) is 3.25. The number of nitrogens with zero attached hydrogens (tertiary/aromatic N) is 4. The fourth-order valence-electron chi connectivity index (χ4n) is 3.39. The minimum absolute atomic E-state index is 0.0515. The first-order valence-electron chi connectivity index (χ1n) is 8.29. The standard InChI is InChI=1S/C15H14N4O9S2/c1-27-14(20)13-12-10(11-8-17(13)15(21)19(11)28-30(24,25)26)7-18(16-12)29(22,23)9-5-3-2-4-6-9/h2-7,11,13H,8H2,1H3,(H,24,25,26)/t11-,13?/m1/s1. The van der Waals surface area contributed by atoms with Crippen LogP contribution in [0.1, 0.15) is 23.3 Å². The molecule has 0 aliphatic carbocycles. The molecule has 160 valence electrons. The molecule has 2 amide bonds. The molecule has 13 nitrogen and oxygen atoms in total. The van der Waals surface area contributed by atoms with Crippen LogP contribution in [0.3, 0.4) is 0 Å². The van der Waals surface area contributed by atoms with Gasteiger partial charge in [-0.2, -0.15) is 31.1 Å². The molecule has 1 aromatic carbocycles. The van der Waals surface area contributed by atoms with Gasteiger partial charge < -0.3 is 9.64 Å². The van der Waals surface area contributed by atoms with Crippen molar-refractivity contribution in [2.75, 3.05) is 13.7 Å². The number of ether oxygens (including phenoxy) is 1. The summed E-state index contributed by atoms with van der Waals surface area (Å²) >= 11 is 0. The van der Waals surface area contributed by atoms with E-state index >= 15 is 0 Å². The number of rotatable bonds is 5. The third-order valence-corrected chi connectivity index (χ3v) is 6.55. The van der Waals surface area contributed by atoms with Gasteiger partial charge in [-0.3, -0.25) is 4.55 Å². The number of esters is 1.